The number of carbonyl (C=O) groups excluding carboxylic acids is 3. The van der Waals surface area contributed by atoms with Gasteiger partial charge in [0.25, 0.3) is 0 Å². The molecular formula is C46H56N8O6. The smallest absolute Gasteiger partial charge is 0.407 e. The average molecular weight is 817 g/mol. The summed E-state index contributed by atoms with van der Waals surface area (Å²) in [5.41, 5.74) is 5.81. The first-order valence-corrected chi connectivity index (χ1v) is 20.9. The van der Waals surface area contributed by atoms with E-state index in [0.29, 0.717) is 5.82 Å². The number of carboxylic acid groups (broad SMARTS) is 1. The highest BCUT2D eigenvalue weighted by Crippen LogP contribution is 2.39. The largest absolute Gasteiger partial charge is 0.465 e. The van der Waals surface area contributed by atoms with Gasteiger partial charge in [-0.15, -0.1) is 0 Å². The number of carbonyl (C=O) groups is 4. The Morgan fingerprint density at radius 3 is 1.72 bits per heavy atom. The fourth-order valence-electron chi connectivity index (χ4n) is 9.02. The number of nitrogens with zero attached hydrogens (tertiary/aromatic N) is 5. The van der Waals surface area contributed by atoms with Gasteiger partial charge >= 0.3 is 12.2 Å². The predicted molar refractivity (Wildman–Crippen MR) is 230 cm³/mol. The Bertz CT molecular complexity index is 2370. The normalized spacial score (nSPS) is 20.2. The molecule has 316 valence electrons. The molecule has 14 heteroatoms. The van der Waals surface area contributed by atoms with Gasteiger partial charge in [-0.3, -0.25) is 14.5 Å². The summed E-state index contributed by atoms with van der Waals surface area (Å²) >= 11 is 0. The number of imidazole rings is 2. The maximum Gasteiger partial charge on any atom is 0.407 e. The van der Waals surface area contributed by atoms with Crippen LogP contribution in [0.3, 0.4) is 0 Å². The quantitative estimate of drug-likeness (QED) is 0.103. The monoisotopic (exact) mass is 816 g/mol. The summed E-state index contributed by atoms with van der Waals surface area (Å²) in [6.07, 6.45) is 5.01. The highest BCUT2D eigenvalue weighted by molar-refractivity contribution is 5.91. The number of aromatic nitrogens is 4. The Morgan fingerprint density at radius 1 is 0.717 bits per heavy atom. The van der Waals surface area contributed by atoms with E-state index in [0.717, 1.165) is 80.8 Å². The van der Waals surface area contributed by atoms with Crippen LogP contribution in [0.4, 0.5) is 9.59 Å². The maximum absolute atomic E-state index is 13.8. The van der Waals surface area contributed by atoms with Gasteiger partial charge in [0.1, 0.15) is 23.7 Å². The van der Waals surface area contributed by atoms with E-state index < -0.39 is 24.3 Å². The molecule has 2 aromatic heterocycles. The summed E-state index contributed by atoms with van der Waals surface area (Å²) in [5.74, 6) is 0.774. The van der Waals surface area contributed by atoms with Crippen LogP contribution in [0.5, 0.6) is 0 Å². The van der Waals surface area contributed by atoms with E-state index in [1.165, 1.54) is 14.2 Å². The van der Waals surface area contributed by atoms with Gasteiger partial charge in [-0.25, -0.2) is 19.6 Å². The van der Waals surface area contributed by atoms with Gasteiger partial charge < -0.3 is 34.9 Å². The molecule has 4 amide bonds. The molecule has 0 saturated carbocycles. The maximum atomic E-state index is 13.8. The lowest BCUT2D eigenvalue weighted by Crippen LogP contribution is -2.53. The molecule has 2 aliphatic heterocycles. The zero-order valence-electron chi connectivity index (χ0n) is 35.6. The van der Waals surface area contributed by atoms with Gasteiger partial charge in [0.05, 0.1) is 43.0 Å². The van der Waals surface area contributed by atoms with E-state index in [2.05, 4.69) is 75.9 Å². The van der Waals surface area contributed by atoms with Crippen molar-refractivity contribution in [3.8, 4) is 33.6 Å². The second-order valence-electron chi connectivity index (χ2n) is 17.0. The number of likely N-dealkylation sites (N-methyl/N-ethyl adjacent to an activating group) is 1. The van der Waals surface area contributed by atoms with Gasteiger partial charge in [-0.1, -0.05) is 76.2 Å². The molecule has 0 spiro atoms. The summed E-state index contributed by atoms with van der Waals surface area (Å²) in [5, 5.41) is 14.6. The minimum atomic E-state index is -1.13. The number of H-pyrrole nitrogens is 2. The van der Waals surface area contributed by atoms with Crippen LogP contribution < -0.4 is 5.32 Å². The molecule has 0 bridgehead atoms. The molecular weight excluding hydrogens is 761 g/mol. The van der Waals surface area contributed by atoms with Crippen molar-refractivity contribution in [3.63, 3.8) is 0 Å². The lowest BCUT2D eigenvalue weighted by molar-refractivity contribution is -0.140. The standard InChI is InChI=1S/C46H56N8O6/c1-25(2)39(51-45(57)60-8)43(55)53-27(5)9-19-37(53)41-48-24-36(50-41)34-18-17-32-21-31(15-16-33(32)22-34)29-11-13-30(14-12-29)35-23-47-42(49-35)38-20-10-28(6)54(38)44(56)40(26(3)4)52(7)46(58)59/h11-18,21-28,37-40H,9-10,19-20H2,1-8H3,(H,47,49)(H,48,50)(H,51,57)(H,58,59)/t27-,28-,37+,38+,39+,40+/m1/s1. The Balaban J connectivity index is 1.05. The summed E-state index contributed by atoms with van der Waals surface area (Å²) in [7, 11) is 2.75. The Hall–Kier alpha value is -6.18. The minimum Gasteiger partial charge on any atom is -0.465 e. The zero-order valence-corrected chi connectivity index (χ0v) is 35.6. The van der Waals surface area contributed by atoms with Crippen molar-refractivity contribution in [3.05, 3.63) is 84.7 Å². The van der Waals surface area contributed by atoms with Crippen LogP contribution in [0.1, 0.15) is 91.0 Å². The molecule has 14 nitrogen and oxygen atoms in total. The third-order valence-electron chi connectivity index (χ3n) is 12.3. The number of rotatable bonds is 11. The third kappa shape index (κ3) is 8.19. The van der Waals surface area contributed by atoms with Gasteiger partial charge in [0.15, 0.2) is 0 Å². The molecule has 4 heterocycles. The van der Waals surface area contributed by atoms with Crippen molar-refractivity contribution in [2.75, 3.05) is 14.2 Å². The van der Waals surface area contributed by atoms with Crippen LogP contribution in [0.15, 0.2) is 73.1 Å². The van der Waals surface area contributed by atoms with Crippen LogP contribution in [0, 0.1) is 11.8 Å². The predicted octanol–water partition coefficient (Wildman–Crippen LogP) is 8.41. The Morgan fingerprint density at radius 2 is 1.20 bits per heavy atom. The number of benzene rings is 3. The van der Waals surface area contributed by atoms with Gasteiger partial charge in [0, 0.05) is 24.7 Å². The highest BCUT2D eigenvalue weighted by atomic mass is 16.5. The number of methoxy groups -OCH3 is 1. The van der Waals surface area contributed by atoms with Crippen LogP contribution in [0.25, 0.3) is 44.4 Å². The van der Waals surface area contributed by atoms with Crippen molar-refractivity contribution >= 4 is 34.8 Å². The summed E-state index contributed by atoms with van der Waals surface area (Å²) < 4.78 is 4.79. The van der Waals surface area contributed by atoms with Crippen molar-refractivity contribution in [2.45, 2.75) is 103 Å². The first-order chi connectivity index (χ1) is 28.7. The van der Waals surface area contributed by atoms with E-state index in [9.17, 15) is 24.3 Å². The molecule has 0 aliphatic carbocycles. The lowest BCUT2D eigenvalue weighted by Gasteiger charge is -2.36. The van der Waals surface area contributed by atoms with Crippen molar-refractivity contribution in [2.24, 2.45) is 11.8 Å². The number of alkyl carbamates (subject to hydrolysis) is 1. The molecule has 5 aromatic rings. The molecule has 2 fully saturated rings. The number of hydrogen-bond donors (Lipinski definition) is 4. The number of amides is 4. The molecule has 4 N–H and O–H groups in total. The first kappa shape index (κ1) is 42.0. The number of aromatic amines is 2. The molecule has 6 atom stereocenters. The van der Waals surface area contributed by atoms with E-state index in [1.54, 1.807) is 6.20 Å². The van der Waals surface area contributed by atoms with Gasteiger partial charge in [-0.2, -0.15) is 0 Å². The number of likely N-dealkylation sites (tertiary alicyclic amines) is 2. The van der Waals surface area contributed by atoms with Gasteiger partial charge in [-0.05, 0) is 91.0 Å². The lowest BCUT2D eigenvalue weighted by atomic mass is 9.98. The summed E-state index contributed by atoms with van der Waals surface area (Å²) in [6.45, 7) is 11.6. The van der Waals surface area contributed by atoms with Crippen molar-refractivity contribution in [1.82, 2.24) is 40.0 Å². The molecule has 7 rings (SSSR count). The van der Waals surface area contributed by atoms with Crippen molar-refractivity contribution in [1.29, 1.82) is 0 Å². The topological polar surface area (TPSA) is 177 Å². The second kappa shape index (κ2) is 17.2. The minimum absolute atomic E-state index is 0.00332. The number of hydrogen-bond acceptors (Lipinski definition) is 7. The van der Waals surface area contributed by atoms with Crippen LogP contribution >= 0.6 is 0 Å². The fourth-order valence-corrected chi connectivity index (χ4v) is 9.02. The number of nitrogens with one attached hydrogen (secondary N) is 3. The fraction of sp³-hybridized carbons (Fsp3) is 0.435. The number of ether oxygens (including phenoxy) is 1. The third-order valence-corrected chi connectivity index (χ3v) is 12.3. The van der Waals surface area contributed by atoms with E-state index >= 15 is 0 Å². The van der Waals surface area contributed by atoms with E-state index in [-0.39, 0.29) is 47.8 Å². The van der Waals surface area contributed by atoms with Crippen LogP contribution in [-0.2, 0) is 14.3 Å². The van der Waals surface area contributed by atoms with E-state index in [4.69, 9.17) is 14.7 Å². The Kier molecular flexibility index (Phi) is 12.0. The number of fused-ring (bicyclic) bond motifs is 1. The SMILES string of the molecule is COC(=O)N[C@H](C(=O)N1[C@H](C)CC[C@H]1c1ncc(-c2ccc3cc(-c4ccc(-c5cnc([C@@H]6CC[C@@H](C)N6C(=O)[C@H](C(C)C)N(C)C(=O)O)[nH]5)cc4)ccc3c2)[nH]1)C(C)C. The first-order valence-electron chi connectivity index (χ1n) is 20.9. The summed E-state index contributed by atoms with van der Waals surface area (Å²) in [6, 6.07) is 19.0. The van der Waals surface area contributed by atoms with Crippen LogP contribution in [0.2, 0.25) is 0 Å². The molecule has 60 heavy (non-hydrogen) atoms. The second-order valence-corrected chi connectivity index (χ2v) is 17.0. The van der Waals surface area contributed by atoms with Crippen molar-refractivity contribution < 1.29 is 29.0 Å². The highest BCUT2D eigenvalue weighted by Gasteiger charge is 2.43. The molecule has 2 saturated heterocycles. The molecule has 2 aliphatic rings. The average Bonchev–Trinajstić information content (AvgIpc) is 4.06. The van der Waals surface area contributed by atoms with Crippen LogP contribution in [-0.4, -0.2) is 102 Å². The Labute approximate surface area is 350 Å². The summed E-state index contributed by atoms with van der Waals surface area (Å²) in [4.78, 5) is 72.7. The van der Waals surface area contributed by atoms with E-state index in [1.807, 2.05) is 57.5 Å². The zero-order chi connectivity index (χ0) is 43.0. The molecule has 0 radical (unpaired) electrons. The van der Waals surface area contributed by atoms with Gasteiger partial charge in [0.2, 0.25) is 11.8 Å². The molecule has 0 unspecified atom stereocenters. The molecule has 3 aromatic carbocycles.